The molecule has 1 saturated carbocycles. The minimum atomic E-state index is -4.87. The van der Waals surface area contributed by atoms with Crippen molar-refractivity contribution in [3.05, 3.63) is 76.8 Å². The van der Waals surface area contributed by atoms with Gasteiger partial charge in [0.25, 0.3) is 0 Å². The van der Waals surface area contributed by atoms with Crippen LogP contribution in [0.2, 0.25) is 5.02 Å². The molecular weight excluding hydrogens is 565 g/mol. The second-order valence-corrected chi connectivity index (χ2v) is 12.7. The Bertz CT molecular complexity index is 1540. The number of carboxylic acid groups (broad SMARTS) is 1. The second-order valence-electron chi connectivity index (χ2n) is 10.3. The zero-order valence-electron chi connectivity index (χ0n) is 21.7. The predicted octanol–water partition coefficient (Wildman–Crippen LogP) is 7.45. The number of fused-ring (bicyclic) bond motifs is 1. The monoisotopic (exact) mass is 592 g/mol. The quantitative estimate of drug-likeness (QED) is 0.340. The first kappa shape index (κ1) is 28.4. The summed E-state index contributed by atoms with van der Waals surface area (Å²) in [5.74, 6) is -1.59. The maximum atomic E-state index is 14.1. The van der Waals surface area contributed by atoms with Crippen LogP contribution in [0.15, 0.2) is 65.6 Å². The summed E-state index contributed by atoms with van der Waals surface area (Å²) in [4.78, 5) is 13.6. The fourth-order valence-electron chi connectivity index (χ4n) is 5.87. The van der Waals surface area contributed by atoms with Gasteiger partial charge in [0.2, 0.25) is 10.0 Å². The number of hydrogen-bond acceptors (Lipinski definition) is 4. The van der Waals surface area contributed by atoms with Gasteiger partial charge in [-0.05, 0) is 60.7 Å². The van der Waals surface area contributed by atoms with E-state index in [-0.39, 0.29) is 33.0 Å². The Balaban J connectivity index is 1.71. The largest absolute Gasteiger partial charge is 0.478 e. The summed E-state index contributed by atoms with van der Waals surface area (Å²) in [5.41, 5.74) is -0.919. The zero-order chi connectivity index (χ0) is 28.8. The lowest BCUT2D eigenvalue weighted by molar-refractivity contribution is -0.138. The molecule has 0 spiro atoms. The van der Waals surface area contributed by atoms with Crippen LogP contribution in [0.4, 0.5) is 24.5 Å². The first-order valence-electron chi connectivity index (χ1n) is 13.0. The minimum Gasteiger partial charge on any atom is -0.478 e. The van der Waals surface area contributed by atoms with Gasteiger partial charge in [-0.3, -0.25) is 0 Å². The Labute approximate surface area is 236 Å². The van der Waals surface area contributed by atoms with Gasteiger partial charge in [0.05, 0.1) is 21.8 Å². The number of aromatic carboxylic acids is 1. The minimum absolute atomic E-state index is 0.0478. The van der Waals surface area contributed by atoms with E-state index in [0.717, 1.165) is 49.9 Å². The molecule has 0 bridgehead atoms. The molecule has 2 aliphatic rings. The van der Waals surface area contributed by atoms with Gasteiger partial charge in [0.1, 0.15) is 4.90 Å². The average molecular weight is 593 g/mol. The molecular formula is C29H28ClF3N2O4S. The molecule has 3 aromatic rings. The number of halogens is 4. The lowest BCUT2D eigenvalue weighted by atomic mass is 9.83. The van der Waals surface area contributed by atoms with Gasteiger partial charge in [-0.2, -0.15) is 17.5 Å². The van der Waals surface area contributed by atoms with Crippen LogP contribution in [0.1, 0.15) is 48.0 Å². The predicted molar refractivity (Wildman–Crippen MR) is 148 cm³/mol. The number of alkyl halides is 3. The molecule has 0 amide bonds. The van der Waals surface area contributed by atoms with Crippen molar-refractivity contribution in [2.75, 3.05) is 18.5 Å². The van der Waals surface area contributed by atoms with Gasteiger partial charge in [0.15, 0.2) is 0 Å². The molecule has 0 aromatic heterocycles. The van der Waals surface area contributed by atoms with Crippen LogP contribution in [-0.4, -0.2) is 43.4 Å². The van der Waals surface area contributed by atoms with Gasteiger partial charge in [-0.25, -0.2) is 13.2 Å². The third kappa shape index (κ3) is 5.20. The number of hydrogen-bond donors (Lipinski definition) is 1. The number of likely N-dealkylation sites (N-methyl/N-ethyl adjacent to an activating group) is 1. The normalized spacial score (nSPS) is 20.1. The van der Waals surface area contributed by atoms with E-state index in [1.807, 2.05) is 35.2 Å². The third-order valence-electron chi connectivity index (χ3n) is 7.96. The summed E-state index contributed by atoms with van der Waals surface area (Å²) >= 11 is 6.67. The maximum absolute atomic E-state index is 14.1. The highest BCUT2D eigenvalue weighted by Crippen LogP contribution is 2.45. The van der Waals surface area contributed by atoms with Crippen LogP contribution in [0.25, 0.3) is 11.1 Å². The number of anilines is 2. The molecule has 3 aromatic carbocycles. The summed E-state index contributed by atoms with van der Waals surface area (Å²) in [6, 6.07) is 14.6. The molecule has 1 N–H and O–H groups in total. The number of rotatable bonds is 4. The fraction of sp³-hybridized carbons (Fsp3) is 0.345. The van der Waals surface area contributed by atoms with E-state index in [9.17, 15) is 31.5 Å². The number of carbonyl (C=O) groups is 1. The van der Waals surface area contributed by atoms with Crippen molar-refractivity contribution in [1.29, 1.82) is 0 Å². The molecule has 40 heavy (non-hydrogen) atoms. The number of benzene rings is 3. The lowest BCUT2D eigenvalue weighted by Gasteiger charge is -2.36. The van der Waals surface area contributed by atoms with Gasteiger partial charge < -0.3 is 10.0 Å². The highest BCUT2D eigenvalue weighted by atomic mass is 35.5. The van der Waals surface area contributed by atoms with Gasteiger partial charge in [0, 0.05) is 30.9 Å². The highest BCUT2D eigenvalue weighted by molar-refractivity contribution is 7.89. The SMILES string of the molecule is CN1[C@H](C2CCCCC2)CN(c2ccccc2)c2cc(Cl)c(-c3ccc(C(F)(F)F)c(C(=O)O)c3)cc2S1(=O)=O. The van der Waals surface area contributed by atoms with E-state index in [2.05, 4.69) is 0 Å². The molecule has 1 heterocycles. The number of carboxylic acids is 1. The van der Waals surface area contributed by atoms with Crippen molar-refractivity contribution < 1.29 is 31.5 Å². The Hall–Kier alpha value is -3.08. The molecule has 1 aliphatic carbocycles. The molecule has 1 fully saturated rings. The number of para-hydroxylation sites is 1. The van der Waals surface area contributed by atoms with E-state index >= 15 is 0 Å². The Kier molecular flexibility index (Phi) is 7.62. The number of sulfonamides is 1. The van der Waals surface area contributed by atoms with Crippen molar-refractivity contribution in [2.24, 2.45) is 5.92 Å². The van der Waals surface area contributed by atoms with E-state index in [4.69, 9.17) is 11.6 Å². The highest BCUT2D eigenvalue weighted by Gasteiger charge is 2.41. The lowest BCUT2D eigenvalue weighted by Crippen LogP contribution is -2.46. The van der Waals surface area contributed by atoms with Crippen molar-refractivity contribution in [2.45, 2.75) is 49.2 Å². The third-order valence-corrected chi connectivity index (χ3v) is 10.2. The summed E-state index contributed by atoms with van der Waals surface area (Å²) in [6.45, 7) is 0.399. The van der Waals surface area contributed by atoms with E-state index in [0.29, 0.717) is 18.3 Å². The first-order chi connectivity index (χ1) is 18.9. The average Bonchev–Trinajstić information content (AvgIpc) is 3.00. The molecule has 5 rings (SSSR count). The molecule has 0 unspecified atom stereocenters. The molecule has 1 aliphatic heterocycles. The molecule has 212 valence electrons. The maximum Gasteiger partial charge on any atom is 0.417 e. The topological polar surface area (TPSA) is 77.9 Å². The van der Waals surface area contributed by atoms with E-state index in [1.54, 1.807) is 7.05 Å². The second kappa shape index (κ2) is 10.7. The first-order valence-corrected chi connectivity index (χ1v) is 14.8. The van der Waals surface area contributed by atoms with Crippen molar-refractivity contribution in [1.82, 2.24) is 4.31 Å². The van der Waals surface area contributed by atoms with Crippen molar-refractivity contribution >= 4 is 39.0 Å². The summed E-state index contributed by atoms with van der Waals surface area (Å²) in [6.07, 6.45) is 0.136. The van der Waals surface area contributed by atoms with E-state index in [1.165, 1.54) is 16.4 Å². The van der Waals surface area contributed by atoms with Crippen LogP contribution in [0.5, 0.6) is 0 Å². The van der Waals surface area contributed by atoms with Gasteiger partial charge in [-0.15, -0.1) is 0 Å². The molecule has 11 heteroatoms. The van der Waals surface area contributed by atoms with E-state index < -0.39 is 33.3 Å². The summed E-state index contributed by atoms with van der Waals surface area (Å²) in [5, 5.41) is 9.58. The summed E-state index contributed by atoms with van der Waals surface area (Å²) in [7, 11) is -2.49. The van der Waals surface area contributed by atoms with Crippen LogP contribution in [0.3, 0.4) is 0 Å². The molecule has 6 nitrogen and oxygen atoms in total. The van der Waals surface area contributed by atoms with Crippen LogP contribution in [0, 0.1) is 5.92 Å². The van der Waals surface area contributed by atoms with Crippen molar-refractivity contribution in [3.63, 3.8) is 0 Å². The van der Waals surface area contributed by atoms with Crippen LogP contribution >= 0.6 is 11.6 Å². The van der Waals surface area contributed by atoms with Crippen LogP contribution < -0.4 is 4.90 Å². The van der Waals surface area contributed by atoms with Gasteiger partial charge in [-0.1, -0.05) is 55.1 Å². The van der Waals surface area contributed by atoms with Crippen molar-refractivity contribution in [3.8, 4) is 11.1 Å². The molecule has 1 atom stereocenters. The standard InChI is InChI=1S/C29H28ClF3N2O4S/c1-34-26(18-8-4-2-5-9-18)17-35(20-10-6-3-7-11-20)25-16-24(30)21(15-27(25)40(34,38)39)19-12-13-23(29(31,32)33)22(14-19)28(36)37/h3,6-7,10-16,18,26H,2,4-5,8-9,17H2,1H3,(H,36,37)/t26-/m0/s1. The molecule has 0 saturated heterocycles. The Morgan fingerprint density at radius 1 is 1.00 bits per heavy atom. The number of nitrogens with zero attached hydrogens (tertiary/aromatic N) is 2. The van der Waals surface area contributed by atoms with Gasteiger partial charge >= 0.3 is 12.1 Å². The zero-order valence-corrected chi connectivity index (χ0v) is 23.2. The Morgan fingerprint density at radius 2 is 1.68 bits per heavy atom. The Morgan fingerprint density at radius 3 is 2.30 bits per heavy atom. The smallest absolute Gasteiger partial charge is 0.417 e. The fourth-order valence-corrected chi connectivity index (χ4v) is 7.74. The van der Waals surface area contributed by atoms with Crippen LogP contribution in [-0.2, 0) is 16.2 Å². The molecule has 0 radical (unpaired) electrons. The summed E-state index contributed by atoms with van der Waals surface area (Å²) < 4.78 is 70.0.